The fraction of sp³-hybridized carbons (Fsp3) is 0.800. The van der Waals surface area contributed by atoms with Crippen molar-refractivity contribution in [1.29, 1.82) is 0 Å². The average Bonchev–Trinajstić information content (AvgIpc) is 2.44. The molecule has 1 fully saturated rings. The summed E-state index contributed by atoms with van der Waals surface area (Å²) >= 11 is 0. The maximum atomic E-state index is 4.17. The molecule has 1 saturated carbocycles. The van der Waals surface area contributed by atoms with Crippen molar-refractivity contribution in [2.75, 3.05) is 0 Å². The molecular formula is C20H36. The Morgan fingerprint density at radius 2 is 1.25 bits per heavy atom. The highest BCUT2D eigenvalue weighted by Crippen LogP contribution is 2.39. The topological polar surface area (TPSA) is 0 Å². The van der Waals surface area contributed by atoms with E-state index in [2.05, 4.69) is 19.2 Å². The van der Waals surface area contributed by atoms with Gasteiger partial charge in [0, 0.05) is 0 Å². The van der Waals surface area contributed by atoms with Crippen LogP contribution in [0.4, 0.5) is 0 Å². The summed E-state index contributed by atoms with van der Waals surface area (Å²) in [6.45, 7) is 7.95. The van der Waals surface area contributed by atoms with E-state index in [9.17, 15) is 0 Å². The Labute approximate surface area is 127 Å². The van der Waals surface area contributed by atoms with E-state index in [4.69, 9.17) is 0 Å². The van der Waals surface area contributed by atoms with Crippen LogP contribution < -0.4 is 0 Å². The Kier molecular flexibility index (Phi) is 9.79. The van der Waals surface area contributed by atoms with Gasteiger partial charge in [-0.25, -0.2) is 0 Å². The summed E-state index contributed by atoms with van der Waals surface area (Å²) in [5.41, 5.74) is 0.489. The largest absolute Gasteiger partial charge is 0.103 e. The van der Waals surface area contributed by atoms with Crippen LogP contribution in [0.15, 0.2) is 25.3 Å². The van der Waals surface area contributed by atoms with Crippen molar-refractivity contribution in [3.63, 3.8) is 0 Å². The van der Waals surface area contributed by atoms with Crippen molar-refractivity contribution in [3.05, 3.63) is 25.3 Å². The minimum atomic E-state index is 0.489. The summed E-state index contributed by atoms with van der Waals surface area (Å²) in [7, 11) is 0. The normalized spacial score (nSPS) is 19.0. The van der Waals surface area contributed by atoms with Crippen molar-refractivity contribution < 1.29 is 0 Å². The van der Waals surface area contributed by atoms with Crippen LogP contribution in [0, 0.1) is 5.41 Å². The SMILES string of the molecule is C=CCCCCCCCCC1(C=C)CCCCCCC1. The van der Waals surface area contributed by atoms with Crippen molar-refractivity contribution >= 4 is 0 Å². The van der Waals surface area contributed by atoms with Crippen LogP contribution in [0.25, 0.3) is 0 Å². The number of hydrogen-bond acceptors (Lipinski definition) is 0. The minimum absolute atomic E-state index is 0.489. The van der Waals surface area contributed by atoms with Gasteiger partial charge >= 0.3 is 0 Å². The Bertz CT molecular complexity index is 243. The molecule has 0 saturated heterocycles. The lowest BCUT2D eigenvalue weighted by Crippen LogP contribution is -2.19. The van der Waals surface area contributed by atoms with Crippen molar-refractivity contribution in [3.8, 4) is 0 Å². The first-order valence-corrected chi connectivity index (χ1v) is 9.07. The lowest BCUT2D eigenvalue weighted by atomic mass is 9.73. The monoisotopic (exact) mass is 276 g/mol. The molecule has 0 nitrogen and oxygen atoms in total. The van der Waals surface area contributed by atoms with Gasteiger partial charge in [0.05, 0.1) is 0 Å². The molecule has 116 valence electrons. The fourth-order valence-corrected chi connectivity index (χ4v) is 3.64. The Morgan fingerprint density at radius 3 is 1.85 bits per heavy atom. The van der Waals surface area contributed by atoms with Crippen molar-refractivity contribution in [2.24, 2.45) is 5.41 Å². The lowest BCUT2D eigenvalue weighted by Gasteiger charge is -2.32. The highest BCUT2D eigenvalue weighted by molar-refractivity contribution is 4.95. The van der Waals surface area contributed by atoms with Gasteiger partial charge in [-0.05, 0) is 37.5 Å². The van der Waals surface area contributed by atoms with Gasteiger partial charge in [0.1, 0.15) is 0 Å². The smallest absolute Gasteiger partial charge is 0.0121 e. The molecular weight excluding hydrogens is 240 g/mol. The molecule has 0 aliphatic heterocycles. The highest BCUT2D eigenvalue weighted by Gasteiger charge is 2.25. The van der Waals surface area contributed by atoms with Crippen LogP contribution in [0.1, 0.15) is 96.3 Å². The van der Waals surface area contributed by atoms with Gasteiger partial charge in [0.25, 0.3) is 0 Å². The first-order valence-electron chi connectivity index (χ1n) is 9.07. The Hall–Kier alpha value is -0.520. The summed E-state index contributed by atoms with van der Waals surface area (Å²) in [6, 6.07) is 0. The first-order chi connectivity index (χ1) is 9.83. The second-order valence-electron chi connectivity index (χ2n) is 6.78. The fourth-order valence-electron chi connectivity index (χ4n) is 3.64. The maximum Gasteiger partial charge on any atom is -0.0121 e. The van der Waals surface area contributed by atoms with E-state index >= 15 is 0 Å². The molecule has 0 heterocycles. The standard InChI is InChI=1S/C20H36/c1-3-5-6-7-8-9-11-14-17-20(4-2)18-15-12-10-13-16-19-20/h3-4H,1-2,5-19H2. The van der Waals surface area contributed by atoms with Gasteiger partial charge in [0.2, 0.25) is 0 Å². The van der Waals surface area contributed by atoms with E-state index in [0.29, 0.717) is 5.41 Å². The first kappa shape index (κ1) is 17.5. The van der Waals surface area contributed by atoms with Gasteiger partial charge in [-0.3, -0.25) is 0 Å². The van der Waals surface area contributed by atoms with Crippen LogP contribution in [-0.4, -0.2) is 0 Å². The zero-order valence-corrected chi connectivity index (χ0v) is 13.7. The summed E-state index contributed by atoms with van der Waals surface area (Å²) < 4.78 is 0. The van der Waals surface area contributed by atoms with E-state index in [1.807, 2.05) is 6.08 Å². The van der Waals surface area contributed by atoms with Gasteiger partial charge in [-0.15, -0.1) is 13.2 Å². The quantitative estimate of drug-likeness (QED) is 0.292. The second kappa shape index (κ2) is 11.2. The molecule has 0 aromatic heterocycles. The van der Waals surface area contributed by atoms with Crippen LogP contribution in [-0.2, 0) is 0 Å². The molecule has 0 amide bonds. The van der Waals surface area contributed by atoms with Gasteiger partial charge < -0.3 is 0 Å². The Morgan fingerprint density at radius 1 is 0.700 bits per heavy atom. The zero-order chi connectivity index (χ0) is 14.5. The van der Waals surface area contributed by atoms with Crippen LogP contribution in [0.3, 0.4) is 0 Å². The second-order valence-corrected chi connectivity index (χ2v) is 6.78. The molecule has 0 bridgehead atoms. The molecule has 20 heavy (non-hydrogen) atoms. The van der Waals surface area contributed by atoms with Crippen molar-refractivity contribution in [1.82, 2.24) is 0 Å². The molecule has 0 spiro atoms. The summed E-state index contributed by atoms with van der Waals surface area (Å²) in [6.07, 6.45) is 25.3. The van der Waals surface area contributed by atoms with Crippen LogP contribution in [0.5, 0.6) is 0 Å². The number of allylic oxidation sites excluding steroid dienone is 2. The van der Waals surface area contributed by atoms with E-state index in [1.165, 1.54) is 96.3 Å². The third-order valence-electron chi connectivity index (χ3n) is 5.12. The molecule has 0 radical (unpaired) electrons. The summed E-state index contributed by atoms with van der Waals surface area (Å²) in [4.78, 5) is 0. The lowest BCUT2D eigenvalue weighted by molar-refractivity contribution is 0.251. The van der Waals surface area contributed by atoms with E-state index in [0.717, 1.165) is 0 Å². The van der Waals surface area contributed by atoms with E-state index < -0.39 is 0 Å². The molecule has 1 aliphatic carbocycles. The number of hydrogen-bond donors (Lipinski definition) is 0. The zero-order valence-electron chi connectivity index (χ0n) is 13.7. The number of unbranched alkanes of at least 4 members (excludes halogenated alkanes) is 6. The third-order valence-corrected chi connectivity index (χ3v) is 5.12. The molecule has 0 atom stereocenters. The van der Waals surface area contributed by atoms with Gasteiger partial charge in [0.15, 0.2) is 0 Å². The molecule has 1 rings (SSSR count). The predicted octanol–water partition coefficient (Wildman–Crippen LogP) is 7.21. The van der Waals surface area contributed by atoms with Crippen molar-refractivity contribution in [2.45, 2.75) is 96.3 Å². The maximum absolute atomic E-state index is 4.17. The molecule has 0 aromatic rings. The summed E-state index contributed by atoms with van der Waals surface area (Å²) in [5, 5.41) is 0. The predicted molar refractivity (Wildman–Crippen MR) is 92.1 cm³/mol. The summed E-state index contributed by atoms with van der Waals surface area (Å²) in [5.74, 6) is 0. The molecule has 0 heteroatoms. The molecule has 0 aromatic carbocycles. The number of rotatable bonds is 10. The van der Waals surface area contributed by atoms with Crippen LogP contribution >= 0.6 is 0 Å². The van der Waals surface area contributed by atoms with E-state index in [-0.39, 0.29) is 0 Å². The molecule has 0 N–H and O–H groups in total. The van der Waals surface area contributed by atoms with E-state index in [1.54, 1.807) is 0 Å². The third kappa shape index (κ3) is 7.31. The molecule has 1 aliphatic rings. The van der Waals surface area contributed by atoms with Crippen LogP contribution in [0.2, 0.25) is 0 Å². The Balaban J connectivity index is 2.13. The van der Waals surface area contributed by atoms with Gasteiger partial charge in [-0.2, -0.15) is 0 Å². The highest BCUT2D eigenvalue weighted by atomic mass is 14.3. The molecule has 0 unspecified atom stereocenters. The minimum Gasteiger partial charge on any atom is -0.103 e. The average molecular weight is 277 g/mol. The van der Waals surface area contributed by atoms with Gasteiger partial charge in [-0.1, -0.05) is 76.4 Å².